The van der Waals surface area contributed by atoms with Crippen molar-refractivity contribution in [3.63, 3.8) is 0 Å². The van der Waals surface area contributed by atoms with E-state index in [4.69, 9.17) is 10.2 Å². The third-order valence-electron chi connectivity index (χ3n) is 4.49. The standard InChI is InChI=1S/C18H26N4O2S2.ClH/c1-18(2,3)13-8-20-14(24-13)10-25-15-9-21-17(26-15)22-16(23)11-4-6-12(19)7-5-11;/h8-9,11-12H,4-7,10,19H2,1-3H3,(H,21,22,23);1H/t11-,12+;. The molecule has 0 unspecified atom stereocenters. The molecule has 9 heteroatoms. The van der Waals surface area contributed by atoms with Crippen LogP contribution in [-0.2, 0) is 16.0 Å². The van der Waals surface area contributed by atoms with Gasteiger partial charge >= 0.3 is 0 Å². The second-order valence-electron chi connectivity index (χ2n) is 7.74. The molecule has 1 aliphatic rings. The molecule has 1 saturated carbocycles. The highest BCUT2D eigenvalue weighted by molar-refractivity contribution is 8.00. The van der Waals surface area contributed by atoms with Gasteiger partial charge in [-0.3, -0.25) is 4.79 Å². The Labute approximate surface area is 174 Å². The number of amides is 1. The minimum Gasteiger partial charge on any atom is -0.444 e. The number of rotatable bonds is 5. The summed E-state index contributed by atoms with van der Waals surface area (Å²) < 4.78 is 6.83. The van der Waals surface area contributed by atoms with Crippen LogP contribution >= 0.6 is 35.5 Å². The van der Waals surface area contributed by atoms with Crippen molar-refractivity contribution in [3.8, 4) is 0 Å². The van der Waals surface area contributed by atoms with Crippen LogP contribution in [0.25, 0.3) is 0 Å². The summed E-state index contributed by atoms with van der Waals surface area (Å²) in [6, 6.07) is 0.246. The van der Waals surface area contributed by atoms with E-state index < -0.39 is 0 Å². The molecule has 2 aromatic rings. The fourth-order valence-electron chi connectivity index (χ4n) is 2.83. The first-order valence-electron chi connectivity index (χ1n) is 8.91. The van der Waals surface area contributed by atoms with Crippen molar-refractivity contribution in [1.82, 2.24) is 9.97 Å². The lowest BCUT2D eigenvalue weighted by molar-refractivity contribution is -0.120. The number of nitrogens with zero attached hydrogens (tertiary/aromatic N) is 2. The fourth-order valence-corrected chi connectivity index (χ4v) is 4.56. The normalized spacial score (nSPS) is 20.1. The summed E-state index contributed by atoms with van der Waals surface area (Å²) in [7, 11) is 0. The van der Waals surface area contributed by atoms with Crippen molar-refractivity contribution >= 4 is 46.5 Å². The van der Waals surface area contributed by atoms with Crippen molar-refractivity contribution in [1.29, 1.82) is 0 Å². The molecule has 6 nitrogen and oxygen atoms in total. The Kier molecular flexibility index (Phi) is 7.73. The first kappa shape index (κ1) is 22.2. The number of hydrogen-bond donors (Lipinski definition) is 2. The Bertz CT molecular complexity index is 749. The first-order chi connectivity index (χ1) is 12.3. The molecule has 0 radical (unpaired) electrons. The van der Waals surface area contributed by atoms with Crippen molar-refractivity contribution in [2.45, 2.75) is 67.9 Å². The van der Waals surface area contributed by atoms with E-state index in [0.29, 0.717) is 16.8 Å². The maximum absolute atomic E-state index is 12.3. The number of hydrogen-bond acceptors (Lipinski definition) is 7. The maximum Gasteiger partial charge on any atom is 0.229 e. The minimum absolute atomic E-state index is 0. The number of thiazole rings is 1. The van der Waals surface area contributed by atoms with Crippen LogP contribution in [0.2, 0.25) is 0 Å². The number of aromatic nitrogens is 2. The molecule has 3 rings (SSSR count). The van der Waals surface area contributed by atoms with Crippen molar-refractivity contribution in [2.24, 2.45) is 11.7 Å². The second kappa shape index (κ2) is 9.41. The highest BCUT2D eigenvalue weighted by Gasteiger charge is 2.25. The predicted octanol–water partition coefficient (Wildman–Crippen LogP) is 4.60. The van der Waals surface area contributed by atoms with Crippen LogP contribution < -0.4 is 11.1 Å². The molecular weight excluding hydrogens is 404 g/mol. The molecule has 0 atom stereocenters. The molecule has 0 aromatic carbocycles. The van der Waals surface area contributed by atoms with Crippen molar-refractivity contribution in [3.05, 3.63) is 24.0 Å². The number of carbonyl (C=O) groups is 1. The number of carbonyl (C=O) groups excluding carboxylic acids is 1. The molecule has 0 spiro atoms. The average Bonchev–Trinajstić information content (AvgIpc) is 3.22. The van der Waals surface area contributed by atoms with E-state index >= 15 is 0 Å². The van der Waals surface area contributed by atoms with E-state index in [9.17, 15) is 4.79 Å². The molecule has 150 valence electrons. The molecule has 0 saturated heterocycles. The van der Waals surface area contributed by atoms with Gasteiger partial charge in [0.2, 0.25) is 11.8 Å². The van der Waals surface area contributed by atoms with Gasteiger partial charge in [0.15, 0.2) is 5.13 Å². The van der Waals surface area contributed by atoms with Crippen LogP contribution in [-0.4, -0.2) is 21.9 Å². The van der Waals surface area contributed by atoms with Gasteiger partial charge in [0.05, 0.1) is 22.4 Å². The van der Waals surface area contributed by atoms with E-state index in [1.165, 1.54) is 11.3 Å². The Balaban J connectivity index is 0.00000261. The van der Waals surface area contributed by atoms with Gasteiger partial charge in [0.25, 0.3) is 0 Å². The molecule has 0 aliphatic heterocycles. The fraction of sp³-hybridized carbons (Fsp3) is 0.611. The molecule has 0 bridgehead atoms. The first-order valence-corrected chi connectivity index (χ1v) is 10.7. The number of nitrogens with two attached hydrogens (primary N) is 1. The van der Waals surface area contributed by atoms with Gasteiger partial charge in [-0.15, -0.1) is 24.2 Å². The summed E-state index contributed by atoms with van der Waals surface area (Å²) in [5.41, 5.74) is 5.86. The summed E-state index contributed by atoms with van der Waals surface area (Å²) in [6.45, 7) is 6.30. The number of thioether (sulfide) groups is 1. The molecule has 3 N–H and O–H groups in total. The van der Waals surface area contributed by atoms with E-state index in [1.807, 2.05) is 0 Å². The Morgan fingerprint density at radius 1 is 1.30 bits per heavy atom. The topological polar surface area (TPSA) is 94.0 Å². The predicted molar refractivity (Wildman–Crippen MR) is 113 cm³/mol. The van der Waals surface area contributed by atoms with Crippen LogP contribution in [0.1, 0.15) is 58.1 Å². The lowest BCUT2D eigenvalue weighted by Gasteiger charge is -2.24. The number of oxazole rings is 1. The highest BCUT2D eigenvalue weighted by atomic mass is 35.5. The molecule has 2 heterocycles. The Hall–Kier alpha value is -1.09. The second-order valence-corrected chi connectivity index (χ2v) is 10.0. The van der Waals surface area contributed by atoms with Crippen LogP contribution in [0.3, 0.4) is 0 Å². The summed E-state index contributed by atoms with van der Waals surface area (Å²) in [4.78, 5) is 21.0. The summed E-state index contributed by atoms with van der Waals surface area (Å²) in [5.74, 6) is 2.35. The lowest BCUT2D eigenvalue weighted by Crippen LogP contribution is -2.32. The van der Waals surface area contributed by atoms with Crippen molar-refractivity contribution < 1.29 is 9.21 Å². The largest absolute Gasteiger partial charge is 0.444 e. The minimum atomic E-state index is -0.0408. The maximum atomic E-state index is 12.3. The van der Waals surface area contributed by atoms with Crippen molar-refractivity contribution in [2.75, 3.05) is 5.32 Å². The van der Waals surface area contributed by atoms with Crippen LogP contribution in [0, 0.1) is 5.92 Å². The summed E-state index contributed by atoms with van der Waals surface area (Å²) >= 11 is 3.10. The van der Waals surface area contributed by atoms with E-state index in [0.717, 1.165) is 35.7 Å². The van der Waals surface area contributed by atoms with E-state index in [-0.39, 0.29) is 35.7 Å². The van der Waals surface area contributed by atoms with Gasteiger partial charge in [0.1, 0.15) is 5.76 Å². The molecule has 1 amide bonds. The zero-order valence-electron chi connectivity index (χ0n) is 15.9. The monoisotopic (exact) mass is 430 g/mol. The Morgan fingerprint density at radius 2 is 2.00 bits per heavy atom. The third kappa shape index (κ3) is 6.20. The van der Waals surface area contributed by atoms with Crippen LogP contribution in [0.5, 0.6) is 0 Å². The van der Waals surface area contributed by atoms with Gasteiger partial charge < -0.3 is 15.5 Å². The SMILES string of the molecule is CC(C)(C)c1cnc(CSc2cnc(NC(=O)[C@H]3CC[C@@H](N)CC3)s2)o1.Cl. The summed E-state index contributed by atoms with van der Waals surface area (Å²) in [6.07, 6.45) is 7.15. The van der Waals surface area contributed by atoms with Gasteiger partial charge in [0, 0.05) is 17.4 Å². The molecule has 2 aromatic heterocycles. The molecule has 27 heavy (non-hydrogen) atoms. The van der Waals surface area contributed by atoms with Gasteiger partial charge in [-0.05, 0) is 25.7 Å². The average molecular weight is 431 g/mol. The third-order valence-corrected chi connectivity index (χ3v) is 6.58. The number of halogens is 1. The van der Waals surface area contributed by atoms with Crippen LogP contribution in [0.15, 0.2) is 21.0 Å². The van der Waals surface area contributed by atoms with E-state index in [2.05, 4.69) is 36.1 Å². The van der Waals surface area contributed by atoms with Crippen LogP contribution in [0.4, 0.5) is 5.13 Å². The smallest absolute Gasteiger partial charge is 0.229 e. The Morgan fingerprint density at radius 3 is 2.63 bits per heavy atom. The lowest BCUT2D eigenvalue weighted by atomic mass is 9.86. The zero-order valence-corrected chi connectivity index (χ0v) is 18.3. The number of anilines is 1. The number of nitrogens with one attached hydrogen (secondary N) is 1. The van der Waals surface area contributed by atoms with Gasteiger partial charge in [-0.25, -0.2) is 9.97 Å². The zero-order chi connectivity index (χ0) is 18.7. The molecule has 1 aliphatic carbocycles. The van der Waals surface area contributed by atoms with Gasteiger partial charge in [-0.1, -0.05) is 32.1 Å². The molecular formula is C18H27ClN4O2S2. The van der Waals surface area contributed by atoms with Gasteiger partial charge in [-0.2, -0.15) is 0 Å². The quantitative estimate of drug-likeness (QED) is 0.673. The highest BCUT2D eigenvalue weighted by Crippen LogP contribution is 2.32. The summed E-state index contributed by atoms with van der Waals surface area (Å²) in [5, 5.41) is 3.59. The molecule has 1 fully saturated rings. The van der Waals surface area contributed by atoms with E-state index in [1.54, 1.807) is 24.2 Å².